The van der Waals surface area contributed by atoms with Gasteiger partial charge in [-0.15, -0.1) is 0 Å². The monoisotopic (exact) mass is 446 g/mol. The smallest absolute Gasteiger partial charge is 0.117 e. The normalized spacial score (nSPS) is 36.5. The Hall–Kier alpha value is -0.810. The van der Waals surface area contributed by atoms with E-state index < -0.39 is 23.4 Å². The highest BCUT2D eigenvalue weighted by molar-refractivity contribution is 7.92. The molecule has 3 aliphatic rings. The van der Waals surface area contributed by atoms with E-state index in [0.29, 0.717) is 24.7 Å². The topological polar surface area (TPSA) is 63.5 Å². The van der Waals surface area contributed by atoms with Crippen LogP contribution in [0, 0.1) is 17.3 Å². The third kappa shape index (κ3) is 5.40. The van der Waals surface area contributed by atoms with Crippen LogP contribution in [-0.2, 0) is 11.2 Å². The van der Waals surface area contributed by atoms with E-state index in [0.717, 1.165) is 36.2 Å². The van der Waals surface area contributed by atoms with E-state index in [9.17, 15) is 14.8 Å². The average Bonchev–Trinajstić information content (AvgIpc) is 3.04. The van der Waals surface area contributed by atoms with Gasteiger partial charge in [0.1, 0.15) is 10.5 Å². The van der Waals surface area contributed by atoms with Crippen molar-refractivity contribution in [1.29, 1.82) is 0 Å². The lowest BCUT2D eigenvalue weighted by Crippen LogP contribution is -2.34. The van der Waals surface area contributed by atoms with Gasteiger partial charge in [0.25, 0.3) is 0 Å². The van der Waals surface area contributed by atoms with Crippen LogP contribution in [0.25, 0.3) is 0 Å². The maximum absolute atomic E-state index is 12.5. The van der Waals surface area contributed by atoms with Crippen molar-refractivity contribution in [3.05, 3.63) is 47.1 Å². The van der Waals surface area contributed by atoms with Gasteiger partial charge in [0.05, 0.1) is 12.2 Å². The van der Waals surface area contributed by atoms with Crippen LogP contribution in [-0.4, -0.2) is 37.5 Å². The maximum Gasteiger partial charge on any atom is 0.117 e. The van der Waals surface area contributed by atoms with E-state index >= 15 is 0 Å². The molecule has 2 fully saturated rings. The zero-order chi connectivity index (χ0) is 23.0. The highest BCUT2D eigenvalue weighted by Crippen LogP contribution is 2.57. The summed E-state index contributed by atoms with van der Waals surface area (Å²) < 4.78 is 12.4. The second-order valence-electron chi connectivity index (χ2n) is 11.1. The first-order chi connectivity index (χ1) is 14.4. The zero-order valence-corrected chi connectivity index (χ0v) is 20.9. The van der Waals surface area contributed by atoms with E-state index in [1.807, 2.05) is 0 Å². The Morgan fingerprint density at radius 3 is 2.71 bits per heavy atom. The van der Waals surface area contributed by atoms with Gasteiger partial charge in [-0.05, 0) is 98.9 Å². The minimum atomic E-state index is -0.799. The van der Waals surface area contributed by atoms with E-state index in [1.54, 1.807) is 5.57 Å². The molecule has 0 saturated heterocycles. The van der Waals surface area contributed by atoms with Crippen molar-refractivity contribution in [2.24, 2.45) is 17.3 Å². The van der Waals surface area contributed by atoms with E-state index in [-0.39, 0.29) is 10.2 Å². The zero-order valence-electron chi connectivity index (χ0n) is 20.1. The number of aliphatic hydroxyl groups is 2. The molecule has 2 N–H and O–H groups in total. The van der Waals surface area contributed by atoms with Gasteiger partial charge < -0.3 is 14.8 Å². The minimum absolute atomic E-state index is 0.144. The fraction of sp³-hybridized carbons (Fsp3) is 0.704. The van der Waals surface area contributed by atoms with Gasteiger partial charge in [-0.2, -0.15) is 0 Å². The van der Waals surface area contributed by atoms with Crippen LogP contribution in [0.3, 0.4) is 0 Å². The number of allylic oxidation sites excluding steroid dienone is 5. The molecule has 0 aromatic heterocycles. The van der Waals surface area contributed by atoms with Crippen LogP contribution in [0.5, 0.6) is 0 Å². The Kier molecular flexibility index (Phi) is 7.68. The summed E-state index contributed by atoms with van der Waals surface area (Å²) in [5.74, 6) is 1.75. The van der Waals surface area contributed by atoms with Crippen molar-refractivity contribution >= 4 is 11.2 Å². The van der Waals surface area contributed by atoms with Crippen LogP contribution in [0.2, 0.25) is 0 Å². The highest BCUT2D eigenvalue weighted by atomic mass is 32.2. The van der Waals surface area contributed by atoms with E-state index in [1.165, 1.54) is 18.4 Å². The molecule has 6 atom stereocenters. The number of fused-ring (bicyclic) bond motifs is 1. The molecule has 3 rings (SSSR count). The van der Waals surface area contributed by atoms with Gasteiger partial charge >= 0.3 is 0 Å². The Morgan fingerprint density at radius 1 is 1.32 bits per heavy atom. The van der Waals surface area contributed by atoms with Crippen molar-refractivity contribution < 1.29 is 14.8 Å². The Bertz CT molecular complexity index is 772. The molecule has 4 heteroatoms. The van der Waals surface area contributed by atoms with Crippen molar-refractivity contribution in [3.63, 3.8) is 0 Å². The summed E-state index contributed by atoms with van der Waals surface area (Å²) in [4.78, 5) is 0. The standard InChI is InChI=1S/C27H42O3S/c1-18(13-15-31(30)26(3,4)5)23-11-12-24-20(8-7-14-27(23,24)6)9-10-21-16-22(28)17-25(29)19(21)2/h9-11,18,22,24-25,28-29H,2,7-8,12-17H2,1,3-6H3/b20-9+,21-10-/t18-,22?,24+,25?,27-,31?/m1/s1. The quantitative estimate of drug-likeness (QED) is 0.425. The van der Waals surface area contributed by atoms with Crippen molar-refractivity contribution in [2.45, 2.75) is 96.5 Å². The predicted molar refractivity (Wildman–Crippen MR) is 131 cm³/mol. The van der Waals surface area contributed by atoms with Gasteiger partial charge in [0, 0.05) is 6.42 Å². The molecule has 2 saturated carbocycles. The van der Waals surface area contributed by atoms with Crippen LogP contribution in [0.15, 0.2) is 47.1 Å². The average molecular weight is 447 g/mol. The molecular weight excluding hydrogens is 404 g/mol. The van der Waals surface area contributed by atoms with Gasteiger partial charge in [0.15, 0.2) is 0 Å². The molecule has 3 nitrogen and oxygen atoms in total. The van der Waals surface area contributed by atoms with Gasteiger partial charge in [0.2, 0.25) is 0 Å². The molecule has 3 aliphatic carbocycles. The van der Waals surface area contributed by atoms with E-state index in [2.05, 4.69) is 59.4 Å². The van der Waals surface area contributed by atoms with Crippen LogP contribution in [0.1, 0.15) is 79.6 Å². The first kappa shape index (κ1) is 24.8. The summed E-state index contributed by atoms with van der Waals surface area (Å²) >= 11 is -0.799. The summed E-state index contributed by atoms with van der Waals surface area (Å²) in [6.45, 7) is 15.0. The molecular formula is C27H42O3S. The lowest BCUT2D eigenvalue weighted by molar-refractivity contribution is 0.0862. The molecule has 0 amide bonds. The summed E-state index contributed by atoms with van der Waals surface area (Å²) in [6.07, 6.45) is 12.2. The third-order valence-corrected chi connectivity index (χ3v) is 9.80. The van der Waals surface area contributed by atoms with Crippen LogP contribution >= 0.6 is 0 Å². The largest absolute Gasteiger partial charge is 0.616 e. The Labute approximate surface area is 192 Å². The van der Waals surface area contributed by atoms with Crippen molar-refractivity contribution in [2.75, 3.05) is 5.75 Å². The van der Waals surface area contributed by atoms with Gasteiger partial charge in [-0.1, -0.05) is 49.8 Å². The minimum Gasteiger partial charge on any atom is -0.616 e. The lowest BCUT2D eigenvalue weighted by atomic mass is 9.62. The maximum atomic E-state index is 12.5. The first-order valence-electron chi connectivity index (χ1n) is 12.0. The van der Waals surface area contributed by atoms with Gasteiger partial charge in [-0.25, -0.2) is 0 Å². The Balaban J connectivity index is 1.72. The summed E-state index contributed by atoms with van der Waals surface area (Å²) in [5.41, 5.74) is 4.98. The fourth-order valence-corrected chi connectivity index (χ4v) is 7.01. The van der Waals surface area contributed by atoms with Crippen LogP contribution in [0.4, 0.5) is 0 Å². The molecule has 0 aromatic rings. The number of hydrogen-bond donors (Lipinski definition) is 2. The second-order valence-corrected chi connectivity index (χ2v) is 13.5. The third-order valence-electron chi connectivity index (χ3n) is 7.83. The molecule has 3 unspecified atom stereocenters. The first-order valence-corrected chi connectivity index (χ1v) is 13.3. The van der Waals surface area contributed by atoms with Gasteiger partial charge in [-0.3, -0.25) is 0 Å². The lowest BCUT2D eigenvalue weighted by Gasteiger charge is -2.42. The fourth-order valence-electron chi connectivity index (χ4n) is 5.83. The van der Waals surface area contributed by atoms with Crippen molar-refractivity contribution in [3.8, 4) is 0 Å². The number of hydrogen-bond acceptors (Lipinski definition) is 3. The summed E-state index contributed by atoms with van der Waals surface area (Å²) in [7, 11) is 0. The second kappa shape index (κ2) is 9.59. The van der Waals surface area contributed by atoms with Crippen molar-refractivity contribution in [1.82, 2.24) is 0 Å². The molecule has 0 bridgehead atoms. The van der Waals surface area contributed by atoms with E-state index in [4.69, 9.17) is 0 Å². The molecule has 0 heterocycles. The number of rotatable bonds is 5. The molecule has 0 aliphatic heterocycles. The summed E-state index contributed by atoms with van der Waals surface area (Å²) in [6, 6.07) is 0. The highest BCUT2D eigenvalue weighted by Gasteiger charge is 2.46. The molecule has 0 spiro atoms. The molecule has 0 radical (unpaired) electrons. The molecule has 31 heavy (non-hydrogen) atoms. The SMILES string of the molecule is C=C1/C(=C\C=C2/CCC[C@]3(C)C([C@H](C)CC[S+]([O-])C(C)(C)C)=CC[C@@H]23)CC(O)CC1O. The number of aliphatic hydroxyl groups excluding tert-OH is 2. The van der Waals surface area contributed by atoms with Crippen LogP contribution < -0.4 is 0 Å². The molecule has 0 aromatic carbocycles. The molecule has 174 valence electrons. The summed E-state index contributed by atoms with van der Waals surface area (Å²) in [5, 5.41) is 20.2. The predicted octanol–water partition coefficient (Wildman–Crippen LogP) is 5.62. The Morgan fingerprint density at radius 2 is 2.03 bits per heavy atom.